The molecule has 0 spiro atoms. The van der Waals surface area contributed by atoms with E-state index in [9.17, 15) is 9.59 Å². The maximum Gasteiger partial charge on any atom is 0.271 e. The number of benzene rings is 1. The van der Waals surface area contributed by atoms with Crippen molar-refractivity contribution >= 4 is 17.5 Å². The summed E-state index contributed by atoms with van der Waals surface area (Å²) in [7, 11) is 0. The van der Waals surface area contributed by atoms with Gasteiger partial charge in [-0.05, 0) is 24.1 Å². The largest absolute Gasteiger partial charge is 0.482 e. The van der Waals surface area contributed by atoms with E-state index in [0.717, 1.165) is 10.5 Å². The summed E-state index contributed by atoms with van der Waals surface area (Å²) in [6.07, 6.45) is 0.448. The number of hydrogen-bond acceptors (Lipinski definition) is 5. The summed E-state index contributed by atoms with van der Waals surface area (Å²) < 4.78 is 5.29. The summed E-state index contributed by atoms with van der Waals surface area (Å²) in [5.74, 6) is -0.239. The Morgan fingerprint density at radius 1 is 1.47 bits per heavy atom. The van der Waals surface area contributed by atoms with Gasteiger partial charge in [-0.3, -0.25) is 9.59 Å². The number of imide groups is 1. The molecule has 3 N–H and O–H groups in total. The van der Waals surface area contributed by atoms with Crippen LogP contribution in [0, 0.1) is 0 Å². The van der Waals surface area contributed by atoms with Gasteiger partial charge in [-0.25, -0.2) is 4.90 Å². The zero-order valence-electron chi connectivity index (χ0n) is 10.5. The fourth-order valence-electron chi connectivity index (χ4n) is 1.94. The third kappa shape index (κ3) is 2.74. The number of hydrogen-bond donors (Lipinski definition) is 2. The Balaban J connectivity index is 2.33. The van der Waals surface area contributed by atoms with Gasteiger partial charge in [-0.2, -0.15) is 0 Å². The van der Waals surface area contributed by atoms with Crippen LogP contribution in [0.3, 0.4) is 0 Å². The lowest BCUT2D eigenvalue weighted by Gasteiger charge is -2.28. The van der Waals surface area contributed by atoms with Crippen molar-refractivity contribution in [3.05, 3.63) is 23.8 Å². The van der Waals surface area contributed by atoms with Crippen LogP contribution in [0.4, 0.5) is 5.69 Å². The van der Waals surface area contributed by atoms with E-state index < -0.39 is 5.91 Å². The van der Waals surface area contributed by atoms with Gasteiger partial charge in [0.2, 0.25) is 5.91 Å². The minimum absolute atomic E-state index is 0.0834. The van der Waals surface area contributed by atoms with Crippen molar-refractivity contribution in [3.63, 3.8) is 0 Å². The van der Waals surface area contributed by atoms with Crippen LogP contribution < -0.4 is 15.4 Å². The minimum Gasteiger partial charge on any atom is -0.482 e. The lowest BCUT2D eigenvalue weighted by Crippen LogP contribution is -2.43. The van der Waals surface area contributed by atoms with Crippen molar-refractivity contribution in [1.82, 2.24) is 0 Å². The Bertz CT molecular complexity index is 501. The molecule has 19 heavy (non-hydrogen) atoms. The highest BCUT2D eigenvalue weighted by molar-refractivity contribution is 6.17. The van der Waals surface area contributed by atoms with Crippen LogP contribution in [-0.4, -0.2) is 30.1 Å². The molecule has 0 saturated heterocycles. The van der Waals surface area contributed by atoms with Crippen LogP contribution in [0.15, 0.2) is 18.2 Å². The lowest BCUT2D eigenvalue weighted by atomic mass is 10.1. The summed E-state index contributed by atoms with van der Waals surface area (Å²) >= 11 is 0. The molecule has 0 radical (unpaired) electrons. The molecule has 0 aliphatic carbocycles. The van der Waals surface area contributed by atoms with Crippen molar-refractivity contribution in [2.75, 3.05) is 18.1 Å². The standard InChI is InChI=1S/C13H16N2O4/c14-7-9-3-4-11-10(6-9)15(13(18)8-19-11)12(17)2-1-5-16/h3-4,6,16H,1-2,5,7-8,14H2. The molecular weight excluding hydrogens is 248 g/mol. The second-order valence-corrected chi connectivity index (χ2v) is 4.24. The third-order valence-electron chi connectivity index (χ3n) is 2.90. The predicted molar refractivity (Wildman–Crippen MR) is 68.6 cm³/mol. The molecule has 0 unspecified atom stereocenters. The number of aliphatic hydroxyl groups excluding tert-OH is 1. The van der Waals surface area contributed by atoms with Crippen molar-refractivity contribution in [3.8, 4) is 5.75 Å². The molecule has 0 atom stereocenters. The first kappa shape index (κ1) is 13.5. The zero-order chi connectivity index (χ0) is 13.8. The molecule has 2 amide bonds. The van der Waals surface area contributed by atoms with Crippen LogP contribution in [-0.2, 0) is 16.1 Å². The van der Waals surface area contributed by atoms with Crippen LogP contribution in [0.1, 0.15) is 18.4 Å². The second-order valence-electron chi connectivity index (χ2n) is 4.24. The average molecular weight is 264 g/mol. The van der Waals surface area contributed by atoms with E-state index >= 15 is 0 Å². The molecule has 1 aromatic carbocycles. The highest BCUT2D eigenvalue weighted by atomic mass is 16.5. The fourth-order valence-corrected chi connectivity index (χ4v) is 1.94. The third-order valence-corrected chi connectivity index (χ3v) is 2.90. The Labute approximate surface area is 110 Å². The van der Waals surface area contributed by atoms with Crippen LogP contribution >= 0.6 is 0 Å². The average Bonchev–Trinajstić information content (AvgIpc) is 2.43. The van der Waals surface area contributed by atoms with Crippen molar-refractivity contribution in [2.45, 2.75) is 19.4 Å². The van der Waals surface area contributed by atoms with Gasteiger partial charge < -0.3 is 15.6 Å². The summed E-state index contributed by atoms with van der Waals surface area (Å²) in [5.41, 5.74) is 6.81. The van der Waals surface area contributed by atoms with Gasteiger partial charge in [-0.1, -0.05) is 6.07 Å². The molecule has 0 fully saturated rings. The number of ether oxygens (including phenoxy) is 1. The summed E-state index contributed by atoms with van der Waals surface area (Å²) in [4.78, 5) is 25.0. The van der Waals surface area contributed by atoms with Gasteiger partial charge in [-0.15, -0.1) is 0 Å². The second kappa shape index (κ2) is 5.81. The summed E-state index contributed by atoms with van der Waals surface area (Å²) in [5, 5.41) is 8.76. The molecule has 2 rings (SSSR count). The molecule has 1 aliphatic heterocycles. The maximum atomic E-state index is 12.0. The summed E-state index contributed by atoms with van der Waals surface area (Å²) in [6.45, 7) is 0.0833. The monoisotopic (exact) mass is 264 g/mol. The number of amides is 2. The first-order chi connectivity index (χ1) is 9.17. The normalized spacial score (nSPS) is 14.0. The molecule has 0 bridgehead atoms. The van der Waals surface area contributed by atoms with Gasteiger partial charge in [0.15, 0.2) is 6.61 Å². The number of aliphatic hydroxyl groups is 1. The molecule has 1 heterocycles. The van der Waals surface area contributed by atoms with Gasteiger partial charge >= 0.3 is 0 Å². The first-order valence-electron chi connectivity index (χ1n) is 6.10. The molecule has 6 nitrogen and oxygen atoms in total. The number of nitrogens with zero attached hydrogens (tertiary/aromatic N) is 1. The van der Waals surface area contributed by atoms with E-state index in [0.29, 0.717) is 24.4 Å². The van der Waals surface area contributed by atoms with Crippen molar-refractivity contribution < 1.29 is 19.4 Å². The van der Waals surface area contributed by atoms with E-state index in [1.165, 1.54) is 0 Å². The van der Waals surface area contributed by atoms with E-state index in [2.05, 4.69) is 0 Å². The lowest BCUT2D eigenvalue weighted by molar-refractivity contribution is -0.128. The van der Waals surface area contributed by atoms with Crippen LogP contribution in [0.5, 0.6) is 5.75 Å². The number of anilines is 1. The Morgan fingerprint density at radius 2 is 2.26 bits per heavy atom. The first-order valence-corrected chi connectivity index (χ1v) is 6.10. The minimum atomic E-state index is -0.399. The Hall–Kier alpha value is -1.92. The Morgan fingerprint density at radius 3 is 2.95 bits per heavy atom. The molecular formula is C13H16N2O4. The molecule has 6 heteroatoms. The van der Waals surface area contributed by atoms with Gasteiger partial charge in [0, 0.05) is 19.6 Å². The molecule has 1 aliphatic rings. The van der Waals surface area contributed by atoms with Crippen LogP contribution in [0.2, 0.25) is 0 Å². The topological polar surface area (TPSA) is 92.9 Å². The van der Waals surface area contributed by atoms with Gasteiger partial charge in [0.05, 0.1) is 5.69 Å². The number of rotatable bonds is 4. The highest BCUT2D eigenvalue weighted by Gasteiger charge is 2.30. The number of fused-ring (bicyclic) bond motifs is 1. The zero-order valence-corrected chi connectivity index (χ0v) is 10.5. The van der Waals surface area contributed by atoms with Gasteiger partial charge in [0.25, 0.3) is 5.91 Å². The maximum absolute atomic E-state index is 12.0. The fraction of sp³-hybridized carbons (Fsp3) is 0.385. The quantitative estimate of drug-likeness (QED) is 0.808. The van der Waals surface area contributed by atoms with Crippen molar-refractivity contribution in [1.29, 1.82) is 0 Å². The van der Waals surface area contributed by atoms with E-state index in [1.54, 1.807) is 18.2 Å². The van der Waals surface area contributed by atoms with Crippen molar-refractivity contribution in [2.24, 2.45) is 5.73 Å². The van der Waals surface area contributed by atoms with E-state index in [4.69, 9.17) is 15.6 Å². The number of carbonyl (C=O) groups is 2. The van der Waals surface area contributed by atoms with Crippen LogP contribution in [0.25, 0.3) is 0 Å². The highest BCUT2D eigenvalue weighted by Crippen LogP contribution is 2.33. The smallest absolute Gasteiger partial charge is 0.271 e. The SMILES string of the molecule is NCc1ccc2c(c1)N(C(=O)CCCO)C(=O)CO2. The predicted octanol–water partition coefficient (Wildman–Crippen LogP) is 0.170. The van der Waals surface area contributed by atoms with Gasteiger partial charge in [0.1, 0.15) is 5.75 Å². The van der Waals surface area contributed by atoms with E-state index in [1.807, 2.05) is 0 Å². The van der Waals surface area contributed by atoms with E-state index in [-0.39, 0.29) is 25.5 Å². The molecule has 1 aromatic rings. The molecule has 0 saturated carbocycles. The molecule has 0 aromatic heterocycles. The summed E-state index contributed by atoms with van der Waals surface area (Å²) in [6, 6.07) is 5.19. The number of nitrogens with two attached hydrogens (primary N) is 1. The Kier molecular flexibility index (Phi) is 4.13. The molecule has 102 valence electrons. The number of carbonyl (C=O) groups excluding carboxylic acids is 2.